The van der Waals surface area contributed by atoms with Gasteiger partial charge in [0.05, 0.1) is 5.41 Å². The molecule has 0 aromatic rings. The lowest BCUT2D eigenvalue weighted by Gasteiger charge is -2.27. The van der Waals surface area contributed by atoms with Crippen molar-refractivity contribution in [1.82, 2.24) is 0 Å². The molecule has 1 rings (SSSR count). The fourth-order valence-electron chi connectivity index (χ4n) is 1.71. The zero-order valence-corrected chi connectivity index (χ0v) is 9.39. The Labute approximate surface area is 85.4 Å². The second kappa shape index (κ2) is 3.68. The first-order chi connectivity index (χ1) is 6.35. The van der Waals surface area contributed by atoms with E-state index in [-0.39, 0.29) is 11.6 Å². The Morgan fingerprint density at radius 3 is 2.43 bits per heavy atom. The van der Waals surface area contributed by atoms with E-state index >= 15 is 0 Å². The van der Waals surface area contributed by atoms with Crippen LogP contribution in [0.3, 0.4) is 0 Å². The van der Waals surface area contributed by atoms with Gasteiger partial charge >= 0.3 is 0 Å². The van der Waals surface area contributed by atoms with Crippen molar-refractivity contribution < 1.29 is 9.59 Å². The number of Topliss-reactive ketones (excluding diaryl/α,β-unsaturated/α-hetero) is 2. The van der Waals surface area contributed by atoms with Crippen LogP contribution in [-0.2, 0) is 9.59 Å². The number of carbonyl (C=O) groups is 2. The van der Waals surface area contributed by atoms with Crippen molar-refractivity contribution in [2.24, 2.45) is 11.3 Å². The monoisotopic (exact) mass is 194 g/mol. The maximum Gasteiger partial charge on any atom is 0.171 e. The lowest BCUT2D eigenvalue weighted by molar-refractivity contribution is -0.137. The minimum atomic E-state index is -0.793. The predicted molar refractivity (Wildman–Crippen MR) is 56.0 cm³/mol. The van der Waals surface area contributed by atoms with Crippen LogP contribution in [0.1, 0.15) is 40.5 Å². The van der Waals surface area contributed by atoms with Gasteiger partial charge in [-0.05, 0) is 31.8 Å². The van der Waals surface area contributed by atoms with Crippen LogP contribution < -0.4 is 0 Å². The zero-order valence-electron chi connectivity index (χ0n) is 9.39. The molecule has 0 aliphatic heterocycles. The Kier molecular flexibility index (Phi) is 2.93. The standard InChI is InChI=1S/C12H18O2/c1-8(2)7-9-5-6-10(13)12(3,4)11(9)14/h5,8H,6-7H2,1-4H3. The van der Waals surface area contributed by atoms with Gasteiger partial charge in [0, 0.05) is 6.42 Å². The molecule has 1 aliphatic rings. The molecule has 0 radical (unpaired) electrons. The van der Waals surface area contributed by atoms with E-state index in [1.165, 1.54) is 0 Å². The Balaban J connectivity index is 2.91. The summed E-state index contributed by atoms with van der Waals surface area (Å²) >= 11 is 0. The van der Waals surface area contributed by atoms with Gasteiger partial charge in [-0.1, -0.05) is 19.9 Å². The highest BCUT2D eigenvalue weighted by Gasteiger charge is 2.39. The fraction of sp³-hybridized carbons (Fsp3) is 0.667. The van der Waals surface area contributed by atoms with E-state index in [0.29, 0.717) is 12.3 Å². The highest BCUT2D eigenvalue weighted by molar-refractivity contribution is 6.16. The van der Waals surface area contributed by atoms with Gasteiger partial charge in [0.1, 0.15) is 5.78 Å². The molecule has 0 N–H and O–H groups in total. The maximum atomic E-state index is 11.9. The van der Waals surface area contributed by atoms with Crippen LogP contribution >= 0.6 is 0 Å². The van der Waals surface area contributed by atoms with E-state index < -0.39 is 5.41 Å². The average Bonchev–Trinajstić information content (AvgIpc) is 2.07. The Bertz CT molecular complexity index is 295. The summed E-state index contributed by atoms with van der Waals surface area (Å²) in [5.74, 6) is 0.520. The van der Waals surface area contributed by atoms with Crippen LogP contribution in [0.4, 0.5) is 0 Å². The normalized spacial score (nSPS) is 21.4. The molecule has 0 unspecified atom stereocenters. The highest BCUT2D eigenvalue weighted by atomic mass is 16.2. The van der Waals surface area contributed by atoms with Crippen LogP contribution in [0.5, 0.6) is 0 Å². The average molecular weight is 194 g/mol. The first-order valence-electron chi connectivity index (χ1n) is 5.13. The molecule has 1 aliphatic carbocycles. The second-order valence-electron chi connectivity index (χ2n) is 4.91. The summed E-state index contributed by atoms with van der Waals surface area (Å²) in [4.78, 5) is 23.4. The predicted octanol–water partition coefficient (Wildman–Crippen LogP) is 2.53. The van der Waals surface area contributed by atoms with E-state index in [4.69, 9.17) is 0 Å². The lowest BCUT2D eigenvalue weighted by atomic mass is 9.73. The third-order valence-corrected chi connectivity index (χ3v) is 2.72. The second-order valence-corrected chi connectivity index (χ2v) is 4.91. The lowest BCUT2D eigenvalue weighted by Crippen LogP contribution is -2.37. The molecule has 0 atom stereocenters. The van der Waals surface area contributed by atoms with Crippen molar-refractivity contribution in [2.75, 3.05) is 0 Å². The summed E-state index contributed by atoms with van der Waals surface area (Å²) in [5.41, 5.74) is 0.0449. The minimum Gasteiger partial charge on any atom is -0.298 e. The van der Waals surface area contributed by atoms with Crippen molar-refractivity contribution >= 4 is 11.6 Å². The Morgan fingerprint density at radius 1 is 1.36 bits per heavy atom. The molecule has 2 nitrogen and oxygen atoms in total. The Hall–Kier alpha value is -0.920. The maximum absolute atomic E-state index is 11.9. The fourth-order valence-corrected chi connectivity index (χ4v) is 1.71. The molecule has 0 saturated carbocycles. The molecule has 0 fully saturated rings. The van der Waals surface area contributed by atoms with Gasteiger partial charge in [-0.2, -0.15) is 0 Å². The number of rotatable bonds is 2. The molecule has 2 heteroatoms. The van der Waals surface area contributed by atoms with Crippen LogP contribution in [0.25, 0.3) is 0 Å². The molecule has 0 aromatic heterocycles. The summed E-state index contributed by atoms with van der Waals surface area (Å²) in [5, 5.41) is 0. The largest absolute Gasteiger partial charge is 0.298 e. The van der Waals surface area contributed by atoms with Gasteiger partial charge in [-0.25, -0.2) is 0 Å². The van der Waals surface area contributed by atoms with E-state index in [1.54, 1.807) is 19.9 Å². The van der Waals surface area contributed by atoms with Crippen LogP contribution in [0.15, 0.2) is 11.6 Å². The van der Waals surface area contributed by atoms with Gasteiger partial charge < -0.3 is 0 Å². The summed E-state index contributed by atoms with van der Waals surface area (Å²) in [6.07, 6.45) is 3.01. The zero-order chi connectivity index (χ0) is 10.9. The van der Waals surface area contributed by atoms with Crippen molar-refractivity contribution in [3.63, 3.8) is 0 Å². The van der Waals surface area contributed by atoms with Crippen LogP contribution in [-0.4, -0.2) is 11.6 Å². The van der Waals surface area contributed by atoms with Crippen molar-refractivity contribution in [3.05, 3.63) is 11.6 Å². The molecule has 0 aromatic carbocycles. The molecule has 14 heavy (non-hydrogen) atoms. The van der Waals surface area contributed by atoms with Crippen LogP contribution in [0.2, 0.25) is 0 Å². The topological polar surface area (TPSA) is 34.1 Å². The number of ketones is 2. The molecule has 0 bridgehead atoms. The molecule has 0 saturated heterocycles. The molecule has 0 heterocycles. The summed E-state index contributed by atoms with van der Waals surface area (Å²) in [6, 6.07) is 0. The van der Waals surface area contributed by atoms with Gasteiger partial charge in [0.25, 0.3) is 0 Å². The SMILES string of the molecule is CC(C)CC1=CCC(=O)C(C)(C)C1=O. The quantitative estimate of drug-likeness (QED) is 0.633. The van der Waals surface area contributed by atoms with Gasteiger partial charge in [-0.3, -0.25) is 9.59 Å². The minimum absolute atomic E-state index is 0.0162. The molecule has 0 amide bonds. The van der Waals surface area contributed by atoms with Gasteiger partial charge in [-0.15, -0.1) is 0 Å². The number of hydrogen-bond acceptors (Lipinski definition) is 2. The Morgan fingerprint density at radius 2 is 1.93 bits per heavy atom. The van der Waals surface area contributed by atoms with E-state index in [0.717, 1.165) is 12.0 Å². The van der Waals surface area contributed by atoms with Crippen LogP contribution in [0, 0.1) is 11.3 Å². The number of carbonyl (C=O) groups excluding carboxylic acids is 2. The molecular formula is C12H18O2. The molecule has 78 valence electrons. The van der Waals surface area contributed by atoms with E-state index in [1.807, 2.05) is 0 Å². The van der Waals surface area contributed by atoms with Gasteiger partial charge in [0.2, 0.25) is 0 Å². The van der Waals surface area contributed by atoms with E-state index in [2.05, 4.69) is 13.8 Å². The van der Waals surface area contributed by atoms with Crippen molar-refractivity contribution in [3.8, 4) is 0 Å². The summed E-state index contributed by atoms with van der Waals surface area (Å²) in [7, 11) is 0. The first-order valence-corrected chi connectivity index (χ1v) is 5.13. The summed E-state index contributed by atoms with van der Waals surface area (Å²) in [6.45, 7) is 7.62. The highest BCUT2D eigenvalue weighted by Crippen LogP contribution is 2.31. The number of hydrogen-bond donors (Lipinski definition) is 0. The first kappa shape index (κ1) is 11.2. The summed E-state index contributed by atoms with van der Waals surface area (Å²) < 4.78 is 0. The smallest absolute Gasteiger partial charge is 0.171 e. The molecule has 0 spiro atoms. The third kappa shape index (κ3) is 1.94. The van der Waals surface area contributed by atoms with Crippen molar-refractivity contribution in [1.29, 1.82) is 0 Å². The van der Waals surface area contributed by atoms with Gasteiger partial charge in [0.15, 0.2) is 5.78 Å². The molecular weight excluding hydrogens is 176 g/mol. The van der Waals surface area contributed by atoms with E-state index in [9.17, 15) is 9.59 Å². The van der Waals surface area contributed by atoms with Crippen molar-refractivity contribution in [2.45, 2.75) is 40.5 Å². The number of allylic oxidation sites excluding steroid dienone is 2. The third-order valence-electron chi connectivity index (χ3n) is 2.72.